The monoisotopic (exact) mass is 278 g/mol. The van der Waals surface area contributed by atoms with Gasteiger partial charge < -0.3 is 10.1 Å². The molecule has 1 N–H and O–H groups in total. The summed E-state index contributed by atoms with van der Waals surface area (Å²) in [5, 5.41) is 11.9. The van der Waals surface area contributed by atoms with Crippen molar-refractivity contribution >= 4 is 23.1 Å². The molecule has 100 valence electrons. The number of rotatable bonds is 5. The van der Waals surface area contributed by atoms with E-state index >= 15 is 0 Å². The van der Waals surface area contributed by atoms with Crippen LogP contribution in [0.15, 0.2) is 18.3 Å². The molecule has 0 aliphatic rings. The van der Waals surface area contributed by atoms with Gasteiger partial charge in [-0.25, -0.2) is 9.78 Å². The Labute approximate surface area is 114 Å². The molecule has 0 fully saturated rings. The molecule has 0 radical (unpaired) electrons. The van der Waals surface area contributed by atoms with E-state index in [0.717, 1.165) is 18.0 Å². The first-order chi connectivity index (χ1) is 9.19. The van der Waals surface area contributed by atoms with E-state index < -0.39 is 5.97 Å². The zero-order chi connectivity index (χ0) is 13.7. The van der Waals surface area contributed by atoms with Crippen molar-refractivity contribution in [1.29, 1.82) is 0 Å². The van der Waals surface area contributed by atoms with Crippen molar-refractivity contribution in [3.63, 3.8) is 0 Å². The molecule has 0 saturated carbocycles. The molecule has 19 heavy (non-hydrogen) atoms. The fraction of sp³-hybridized carbons (Fsp3) is 0.333. The van der Waals surface area contributed by atoms with Gasteiger partial charge in [0.25, 0.3) is 0 Å². The third kappa shape index (κ3) is 3.72. The molecular weight excluding hydrogens is 264 g/mol. The maximum absolute atomic E-state index is 11.2. The van der Waals surface area contributed by atoms with Crippen LogP contribution in [0.4, 0.5) is 5.82 Å². The van der Waals surface area contributed by atoms with Crippen molar-refractivity contribution in [2.75, 3.05) is 19.0 Å². The molecule has 0 aliphatic heterocycles. The molecule has 7 heteroatoms. The predicted octanol–water partition coefficient (Wildman–Crippen LogP) is 1.68. The third-order valence-corrected chi connectivity index (χ3v) is 3.35. The SMILES string of the molecule is COC(=O)c1ccc(NCCc2ncc(C)s2)nn1. The van der Waals surface area contributed by atoms with Crippen LogP contribution in [0.3, 0.4) is 0 Å². The van der Waals surface area contributed by atoms with Crippen molar-refractivity contribution in [3.8, 4) is 0 Å². The number of methoxy groups -OCH3 is 1. The summed E-state index contributed by atoms with van der Waals surface area (Å²) >= 11 is 1.68. The van der Waals surface area contributed by atoms with E-state index in [-0.39, 0.29) is 5.69 Å². The smallest absolute Gasteiger partial charge is 0.358 e. The van der Waals surface area contributed by atoms with E-state index in [1.54, 1.807) is 23.5 Å². The first kappa shape index (κ1) is 13.4. The number of thiazole rings is 1. The molecule has 2 aromatic heterocycles. The Kier molecular flexibility index (Phi) is 4.40. The molecule has 0 unspecified atom stereocenters. The Morgan fingerprint density at radius 3 is 2.84 bits per heavy atom. The summed E-state index contributed by atoms with van der Waals surface area (Å²) in [5.74, 6) is 0.137. The van der Waals surface area contributed by atoms with Gasteiger partial charge in [-0.15, -0.1) is 21.5 Å². The minimum atomic E-state index is -0.489. The summed E-state index contributed by atoms with van der Waals surface area (Å²) in [6.45, 7) is 2.75. The van der Waals surface area contributed by atoms with Crippen LogP contribution >= 0.6 is 11.3 Å². The van der Waals surface area contributed by atoms with E-state index in [1.165, 1.54) is 12.0 Å². The average Bonchev–Trinajstić information content (AvgIpc) is 2.84. The van der Waals surface area contributed by atoms with E-state index in [2.05, 4.69) is 25.2 Å². The van der Waals surface area contributed by atoms with Crippen LogP contribution in [0.1, 0.15) is 20.4 Å². The average molecular weight is 278 g/mol. The predicted molar refractivity (Wildman–Crippen MR) is 72.4 cm³/mol. The number of ether oxygens (including phenoxy) is 1. The van der Waals surface area contributed by atoms with Gasteiger partial charge in [-0.1, -0.05) is 0 Å². The molecule has 2 rings (SSSR count). The first-order valence-electron chi connectivity index (χ1n) is 5.76. The molecule has 2 heterocycles. The Balaban J connectivity index is 1.84. The highest BCUT2D eigenvalue weighted by atomic mass is 32.1. The van der Waals surface area contributed by atoms with Gasteiger partial charge >= 0.3 is 5.97 Å². The lowest BCUT2D eigenvalue weighted by molar-refractivity contribution is 0.0593. The Hall–Kier alpha value is -2.02. The van der Waals surface area contributed by atoms with Crippen LogP contribution in [-0.4, -0.2) is 34.8 Å². The highest BCUT2D eigenvalue weighted by Gasteiger charge is 2.07. The van der Waals surface area contributed by atoms with Gasteiger partial charge in [-0.3, -0.25) is 0 Å². The van der Waals surface area contributed by atoms with Crippen molar-refractivity contribution < 1.29 is 9.53 Å². The van der Waals surface area contributed by atoms with Crippen molar-refractivity contribution in [2.45, 2.75) is 13.3 Å². The summed E-state index contributed by atoms with van der Waals surface area (Å²) in [6, 6.07) is 3.28. The van der Waals surface area contributed by atoms with Crippen LogP contribution < -0.4 is 5.32 Å². The second-order valence-electron chi connectivity index (χ2n) is 3.84. The lowest BCUT2D eigenvalue weighted by Gasteiger charge is -2.03. The molecule has 6 nitrogen and oxygen atoms in total. The third-order valence-electron chi connectivity index (χ3n) is 2.37. The van der Waals surface area contributed by atoms with Crippen LogP contribution in [0.25, 0.3) is 0 Å². The summed E-state index contributed by atoms with van der Waals surface area (Å²) in [4.78, 5) is 16.7. The largest absolute Gasteiger partial charge is 0.464 e. The summed E-state index contributed by atoms with van der Waals surface area (Å²) < 4.78 is 4.55. The van der Waals surface area contributed by atoms with Crippen molar-refractivity contribution in [1.82, 2.24) is 15.2 Å². The van der Waals surface area contributed by atoms with Gasteiger partial charge in [-0.05, 0) is 19.1 Å². The number of aromatic nitrogens is 3. The lowest BCUT2D eigenvalue weighted by Crippen LogP contribution is -2.09. The minimum absolute atomic E-state index is 0.198. The van der Waals surface area contributed by atoms with Crippen LogP contribution in [0.2, 0.25) is 0 Å². The standard InChI is InChI=1S/C12H14N4O2S/c1-8-7-14-11(19-8)5-6-13-10-4-3-9(15-16-10)12(17)18-2/h3-4,7H,5-6H2,1-2H3,(H,13,16). The molecule has 0 aliphatic carbocycles. The number of nitrogens with one attached hydrogen (secondary N) is 1. The van der Waals surface area contributed by atoms with Crippen LogP contribution in [-0.2, 0) is 11.2 Å². The zero-order valence-electron chi connectivity index (χ0n) is 10.7. The fourth-order valence-electron chi connectivity index (χ4n) is 1.45. The van der Waals surface area contributed by atoms with Gasteiger partial charge in [-0.2, -0.15) is 0 Å². The van der Waals surface area contributed by atoms with E-state index in [0.29, 0.717) is 5.82 Å². The van der Waals surface area contributed by atoms with Crippen molar-refractivity contribution in [3.05, 3.63) is 33.9 Å². The maximum atomic E-state index is 11.2. The number of anilines is 1. The molecule has 2 aromatic rings. The molecule has 0 bridgehead atoms. The molecule has 0 atom stereocenters. The van der Waals surface area contributed by atoms with Crippen LogP contribution in [0, 0.1) is 6.92 Å². The highest BCUT2D eigenvalue weighted by Crippen LogP contribution is 2.11. The fourth-order valence-corrected chi connectivity index (χ4v) is 2.24. The van der Waals surface area contributed by atoms with E-state index in [4.69, 9.17) is 0 Å². The molecule has 0 saturated heterocycles. The van der Waals surface area contributed by atoms with Gasteiger partial charge in [0.2, 0.25) is 0 Å². The molecular formula is C12H14N4O2S. The second-order valence-corrected chi connectivity index (χ2v) is 5.16. The Morgan fingerprint density at radius 1 is 1.42 bits per heavy atom. The summed E-state index contributed by atoms with van der Waals surface area (Å²) in [7, 11) is 1.31. The number of esters is 1. The number of aryl methyl sites for hydroxylation is 1. The van der Waals surface area contributed by atoms with E-state index in [9.17, 15) is 4.79 Å². The number of nitrogens with zero attached hydrogens (tertiary/aromatic N) is 3. The molecule has 0 aromatic carbocycles. The van der Waals surface area contributed by atoms with Gasteiger partial charge in [0.05, 0.1) is 12.1 Å². The van der Waals surface area contributed by atoms with Gasteiger partial charge in [0, 0.05) is 24.0 Å². The topological polar surface area (TPSA) is 77.0 Å². The van der Waals surface area contributed by atoms with Gasteiger partial charge in [0.1, 0.15) is 5.82 Å². The Morgan fingerprint density at radius 2 is 2.26 bits per heavy atom. The summed E-state index contributed by atoms with van der Waals surface area (Å²) in [6.07, 6.45) is 2.70. The lowest BCUT2D eigenvalue weighted by atomic mass is 10.4. The van der Waals surface area contributed by atoms with Gasteiger partial charge in [0.15, 0.2) is 5.69 Å². The highest BCUT2D eigenvalue weighted by molar-refractivity contribution is 7.11. The number of carbonyl (C=O) groups excluding carboxylic acids is 1. The summed E-state index contributed by atoms with van der Waals surface area (Å²) in [5.41, 5.74) is 0.198. The molecule has 0 spiro atoms. The number of carbonyl (C=O) groups is 1. The first-order valence-corrected chi connectivity index (χ1v) is 6.58. The van der Waals surface area contributed by atoms with E-state index in [1.807, 2.05) is 13.1 Å². The maximum Gasteiger partial charge on any atom is 0.358 e. The van der Waals surface area contributed by atoms with Crippen molar-refractivity contribution in [2.24, 2.45) is 0 Å². The number of hydrogen-bond donors (Lipinski definition) is 1. The van der Waals surface area contributed by atoms with Crippen LogP contribution in [0.5, 0.6) is 0 Å². The molecule has 0 amide bonds. The quantitative estimate of drug-likeness (QED) is 0.839. The number of hydrogen-bond acceptors (Lipinski definition) is 7. The second kappa shape index (κ2) is 6.24. The Bertz CT molecular complexity index is 553. The zero-order valence-corrected chi connectivity index (χ0v) is 11.5. The minimum Gasteiger partial charge on any atom is -0.464 e. The normalized spacial score (nSPS) is 10.2.